The lowest BCUT2D eigenvalue weighted by atomic mass is 10.1. The zero-order valence-corrected chi connectivity index (χ0v) is 13.1. The number of benzene rings is 2. The van der Waals surface area contributed by atoms with Crippen LogP contribution >= 0.6 is 23.2 Å². The summed E-state index contributed by atoms with van der Waals surface area (Å²) >= 11 is 12.1. The molecular formula is C16H17Cl2NO. The van der Waals surface area contributed by atoms with E-state index in [1.165, 1.54) is 5.56 Å². The monoisotopic (exact) mass is 309 g/mol. The Morgan fingerprint density at radius 1 is 1.10 bits per heavy atom. The van der Waals surface area contributed by atoms with Gasteiger partial charge in [0.1, 0.15) is 5.75 Å². The Labute approximate surface area is 129 Å². The normalized spacial score (nSPS) is 10.4. The number of halogens is 2. The summed E-state index contributed by atoms with van der Waals surface area (Å²) in [7, 11) is 3.70. The predicted molar refractivity (Wildman–Crippen MR) is 86.1 cm³/mol. The van der Waals surface area contributed by atoms with Gasteiger partial charge in [-0.25, -0.2) is 0 Å². The molecule has 2 rings (SSSR count). The highest BCUT2D eigenvalue weighted by atomic mass is 35.5. The van der Waals surface area contributed by atoms with Gasteiger partial charge in [-0.1, -0.05) is 29.8 Å². The van der Waals surface area contributed by atoms with Gasteiger partial charge in [0.25, 0.3) is 0 Å². The molecule has 0 heterocycles. The van der Waals surface area contributed by atoms with Gasteiger partial charge in [-0.2, -0.15) is 0 Å². The minimum absolute atomic E-state index is 0.472. The van der Waals surface area contributed by atoms with E-state index in [2.05, 4.69) is 17.0 Å². The molecule has 0 atom stereocenters. The molecule has 0 fully saturated rings. The highest BCUT2D eigenvalue weighted by Gasteiger charge is 2.08. The van der Waals surface area contributed by atoms with Crippen molar-refractivity contribution in [3.05, 3.63) is 58.6 Å². The highest BCUT2D eigenvalue weighted by molar-refractivity contribution is 6.31. The molecule has 0 bridgehead atoms. The van der Waals surface area contributed by atoms with Gasteiger partial charge < -0.3 is 9.64 Å². The molecule has 0 aliphatic rings. The van der Waals surface area contributed by atoms with Gasteiger partial charge in [0.15, 0.2) is 0 Å². The maximum absolute atomic E-state index is 6.07. The summed E-state index contributed by atoms with van der Waals surface area (Å²) in [5.74, 6) is 1.33. The van der Waals surface area contributed by atoms with Gasteiger partial charge in [0, 0.05) is 30.2 Å². The number of nitrogens with zero attached hydrogens (tertiary/aromatic N) is 1. The minimum atomic E-state index is 0.472. The second-order valence-electron chi connectivity index (χ2n) is 4.61. The fourth-order valence-electron chi connectivity index (χ4n) is 2.10. The van der Waals surface area contributed by atoms with E-state index in [-0.39, 0.29) is 0 Å². The third kappa shape index (κ3) is 3.59. The molecule has 0 saturated heterocycles. The lowest BCUT2D eigenvalue weighted by Gasteiger charge is -2.22. The van der Waals surface area contributed by atoms with Crippen molar-refractivity contribution < 1.29 is 4.74 Å². The largest absolute Gasteiger partial charge is 0.497 e. The van der Waals surface area contributed by atoms with E-state index >= 15 is 0 Å². The van der Waals surface area contributed by atoms with E-state index in [0.29, 0.717) is 5.88 Å². The summed E-state index contributed by atoms with van der Waals surface area (Å²) in [6.07, 6.45) is 0. The van der Waals surface area contributed by atoms with E-state index in [4.69, 9.17) is 27.9 Å². The van der Waals surface area contributed by atoms with Crippen molar-refractivity contribution in [3.63, 3.8) is 0 Å². The lowest BCUT2D eigenvalue weighted by Crippen LogP contribution is -2.17. The topological polar surface area (TPSA) is 12.5 Å². The molecule has 0 amide bonds. The van der Waals surface area contributed by atoms with Crippen LogP contribution in [0.2, 0.25) is 5.02 Å². The van der Waals surface area contributed by atoms with Gasteiger partial charge in [-0.3, -0.25) is 0 Å². The average molecular weight is 310 g/mol. The molecule has 0 aromatic heterocycles. The van der Waals surface area contributed by atoms with E-state index < -0.39 is 0 Å². The molecule has 0 N–H and O–H groups in total. The van der Waals surface area contributed by atoms with Crippen LogP contribution in [0.4, 0.5) is 5.69 Å². The fraction of sp³-hybridized carbons (Fsp3) is 0.250. The number of hydrogen-bond acceptors (Lipinski definition) is 2. The number of rotatable bonds is 5. The molecule has 106 valence electrons. The second-order valence-corrected chi connectivity index (χ2v) is 5.31. The first kappa shape index (κ1) is 15.0. The van der Waals surface area contributed by atoms with Gasteiger partial charge >= 0.3 is 0 Å². The zero-order chi connectivity index (χ0) is 14.5. The standard InChI is InChI=1S/C16H17Cl2NO/c1-19(11-12-3-7-15(20-2)8-4-12)16-9-14(18)6-5-13(16)10-17/h3-9H,10-11H2,1-2H3. The Bertz CT molecular complexity index is 569. The minimum Gasteiger partial charge on any atom is -0.497 e. The number of ether oxygens (including phenoxy) is 1. The van der Waals surface area contributed by atoms with E-state index in [1.807, 2.05) is 37.4 Å². The van der Waals surface area contributed by atoms with Crippen molar-refractivity contribution in [2.24, 2.45) is 0 Å². The Morgan fingerprint density at radius 3 is 2.40 bits per heavy atom. The van der Waals surface area contributed by atoms with Crippen molar-refractivity contribution in [3.8, 4) is 5.75 Å². The molecule has 20 heavy (non-hydrogen) atoms. The van der Waals surface area contributed by atoms with Crippen molar-refractivity contribution in [2.75, 3.05) is 19.1 Å². The fourth-order valence-corrected chi connectivity index (χ4v) is 2.49. The number of alkyl halides is 1. The summed E-state index contributed by atoms with van der Waals surface area (Å²) < 4.78 is 5.16. The molecule has 2 aromatic carbocycles. The van der Waals surface area contributed by atoms with Gasteiger partial charge in [-0.05, 0) is 35.4 Å². The van der Waals surface area contributed by atoms with Crippen molar-refractivity contribution in [2.45, 2.75) is 12.4 Å². The van der Waals surface area contributed by atoms with E-state index in [9.17, 15) is 0 Å². The Kier molecular flexibility index (Phi) is 5.16. The summed E-state index contributed by atoms with van der Waals surface area (Å²) in [4.78, 5) is 2.14. The molecule has 4 heteroatoms. The summed E-state index contributed by atoms with van der Waals surface area (Å²) in [5, 5.41) is 0.718. The first-order valence-electron chi connectivity index (χ1n) is 6.32. The molecule has 2 aromatic rings. The lowest BCUT2D eigenvalue weighted by molar-refractivity contribution is 0.414. The Hall–Kier alpha value is -1.38. The van der Waals surface area contributed by atoms with Crippen LogP contribution in [0.5, 0.6) is 5.75 Å². The van der Waals surface area contributed by atoms with Crippen LogP contribution < -0.4 is 9.64 Å². The molecule has 0 radical (unpaired) electrons. The summed E-state index contributed by atoms with van der Waals surface area (Å²) in [6, 6.07) is 13.8. The van der Waals surface area contributed by atoms with Gasteiger partial charge in [-0.15, -0.1) is 11.6 Å². The first-order chi connectivity index (χ1) is 9.63. The molecule has 2 nitrogen and oxygen atoms in total. The van der Waals surface area contributed by atoms with Gasteiger partial charge in [0.05, 0.1) is 7.11 Å². The maximum Gasteiger partial charge on any atom is 0.118 e. The Morgan fingerprint density at radius 2 is 1.80 bits per heavy atom. The van der Waals surface area contributed by atoms with Crippen LogP contribution in [0.3, 0.4) is 0 Å². The highest BCUT2D eigenvalue weighted by Crippen LogP contribution is 2.27. The molecule has 0 aliphatic carbocycles. The van der Waals surface area contributed by atoms with Crippen LogP contribution in [0.15, 0.2) is 42.5 Å². The van der Waals surface area contributed by atoms with E-state index in [0.717, 1.165) is 28.6 Å². The smallest absolute Gasteiger partial charge is 0.118 e. The van der Waals surface area contributed by atoms with Crippen LogP contribution in [0, 0.1) is 0 Å². The molecule has 0 spiro atoms. The Balaban J connectivity index is 2.18. The molecule has 0 aliphatic heterocycles. The van der Waals surface area contributed by atoms with Crippen LogP contribution in [0.25, 0.3) is 0 Å². The van der Waals surface area contributed by atoms with Crippen molar-refractivity contribution in [1.29, 1.82) is 0 Å². The van der Waals surface area contributed by atoms with Gasteiger partial charge in [0.2, 0.25) is 0 Å². The third-order valence-corrected chi connectivity index (χ3v) is 3.70. The van der Waals surface area contributed by atoms with E-state index in [1.54, 1.807) is 7.11 Å². The van der Waals surface area contributed by atoms with Crippen LogP contribution in [-0.4, -0.2) is 14.2 Å². The first-order valence-corrected chi connectivity index (χ1v) is 7.23. The van der Waals surface area contributed by atoms with Crippen LogP contribution in [0.1, 0.15) is 11.1 Å². The van der Waals surface area contributed by atoms with Crippen molar-refractivity contribution >= 4 is 28.9 Å². The number of anilines is 1. The average Bonchev–Trinajstić information content (AvgIpc) is 2.48. The third-order valence-electron chi connectivity index (χ3n) is 3.18. The van der Waals surface area contributed by atoms with Crippen molar-refractivity contribution in [1.82, 2.24) is 0 Å². The number of methoxy groups -OCH3 is 1. The summed E-state index contributed by atoms with van der Waals surface area (Å²) in [6.45, 7) is 0.786. The predicted octanol–water partition coefficient (Wildman–Crippen LogP) is 4.72. The molecule has 0 unspecified atom stereocenters. The zero-order valence-electron chi connectivity index (χ0n) is 11.6. The SMILES string of the molecule is COc1ccc(CN(C)c2cc(Cl)ccc2CCl)cc1. The summed E-state index contributed by atoms with van der Waals surface area (Å²) in [5.41, 5.74) is 3.34. The second kappa shape index (κ2) is 6.87. The number of hydrogen-bond donors (Lipinski definition) is 0. The quantitative estimate of drug-likeness (QED) is 0.741. The maximum atomic E-state index is 6.07. The molecular weight excluding hydrogens is 293 g/mol. The molecule has 0 saturated carbocycles. The van der Waals surface area contributed by atoms with Crippen LogP contribution in [-0.2, 0) is 12.4 Å².